The normalized spacial score (nSPS) is 23.4. The van der Waals surface area contributed by atoms with Crippen LogP contribution in [0.3, 0.4) is 0 Å². The number of carbonyl (C=O) groups excluding carboxylic acids is 3. The van der Waals surface area contributed by atoms with Crippen LogP contribution in [0.4, 0.5) is 4.79 Å². The summed E-state index contributed by atoms with van der Waals surface area (Å²) in [5.41, 5.74) is -0.637. The lowest BCUT2D eigenvalue weighted by molar-refractivity contribution is -0.148. The minimum atomic E-state index is -0.900. The number of esters is 1. The fourth-order valence-corrected chi connectivity index (χ4v) is 2.17. The van der Waals surface area contributed by atoms with Crippen molar-refractivity contribution in [1.82, 2.24) is 4.90 Å². The van der Waals surface area contributed by atoms with E-state index in [1.165, 1.54) is 12.0 Å². The van der Waals surface area contributed by atoms with Crippen LogP contribution in [-0.2, 0) is 19.1 Å². The van der Waals surface area contributed by atoms with Gasteiger partial charge in [0.05, 0.1) is 19.7 Å². The highest BCUT2D eigenvalue weighted by Gasteiger charge is 2.48. The van der Waals surface area contributed by atoms with Crippen molar-refractivity contribution >= 4 is 17.8 Å². The van der Waals surface area contributed by atoms with Crippen LogP contribution in [0.5, 0.6) is 0 Å². The molecule has 0 saturated carbocycles. The topological polar surface area (TPSA) is 72.9 Å². The van der Waals surface area contributed by atoms with Crippen LogP contribution in [0, 0.1) is 5.92 Å². The average Bonchev–Trinajstić information content (AvgIpc) is 2.63. The SMILES string of the molecule is CCC1C(C(=O)OC)C(=O)CN1C(=O)OC(C)(C)C. The van der Waals surface area contributed by atoms with Gasteiger partial charge in [0.15, 0.2) is 5.78 Å². The summed E-state index contributed by atoms with van der Waals surface area (Å²) in [6.45, 7) is 6.97. The Hall–Kier alpha value is -1.59. The first-order chi connectivity index (χ1) is 8.71. The second-order valence-electron chi connectivity index (χ2n) is 5.55. The Morgan fingerprint density at radius 3 is 2.37 bits per heavy atom. The molecule has 0 radical (unpaired) electrons. The number of hydrogen-bond acceptors (Lipinski definition) is 5. The lowest BCUT2D eigenvalue weighted by Crippen LogP contribution is -2.42. The van der Waals surface area contributed by atoms with Crippen LogP contribution in [0.15, 0.2) is 0 Å². The molecule has 1 heterocycles. The highest BCUT2D eigenvalue weighted by atomic mass is 16.6. The first kappa shape index (κ1) is 15.5. The molecule has 1 rings (SSSR count). The van der Waals surface area contributed by atoms with Gasteiger partial charge in [-0.1, -0.05) is 6.92 Å². The molecule has 19 heavy (non-hydrogen) atoms. The first-order valence-corrected chi connectivity index (χ1v) is 6.31. The fraction of sp³-hybridized carbons (Fsp3) is 0.769. The van der Waals surface area contributed by atoms with Crippen molar-refractivity contribution in [3.63, 3.8) is 0 Å². The van der Waals surface area contributed by atoms with E-state index in [1.54, 1.807) is 20.8 Å². The molecule has 108 valence electrons. The lowest BCUT2D eigenvalue weighted by atomic mass is 9.97. The lowest BCUT2D eigenvalue weighted by Gasteiger charge is -2.28. The maximum atomic E-state index is 12.0. The average molecular weight is 271 g/mol. The Labute approximate surface area is 113 Å². The number of nitrogens with zero attached hydrogens (tertiary/aromatic N) is 1. The highest BCUT2D eigenvalue weighted by molar-refractivity contribution is 6.04. The summed E-state index contributed by atoms with van der Waals surface area (Å²) in [7, 11) is 1.23. The number of likely N-dealkylation sites (tertiary alicyclic amines) is 1. The number of methoxy groups -OCH3 is 1. The monoisotopic (exact) mass is 271 g/mol. The molecule has 6 heteroatoms. The minimum absolute atomic E-state index is 0.104. The van der Waals surface area contributed by atoms with E-state index >= 15 is 0 Å². The molecule has 1 amide bonds. The number of carbonyl (C=O) groups is 3. The summed E-state index contributed by atoms with van der Waals surface area (Å²) in [6, 6.07) is -0.491. The summed E-state index contributed by atoms with van der Waals surface area (Å²) in [5.74, 6) is -1.80. The fourth-order valence-electron chi connectivity index (χ4n) is 2.17. The molecular formula is C13H21NO5. The number of Topliss-reactive ketones (excluding diaryl/α,β-unsaturated/α-hetero) is 1. The molecule has 1 saturated heterocycles. The van der Waals surface area contributed by atoms with E-state index in [-0.39, 0.29) is 12.3 Å². The standard InChI is InChI=1S/C13H21NO5/c1-6-8-10(11(16)18-5)9(15)7-14(8)12(17)19-13(2,3)4/h8,10H,6-7H2,1-5H3. The Morgan fingerprint density at radius 2 is 1.95 bits per heavy atom. The number of amides is 1. The highest BCUT2D eigenvalue weighted by Crippen LogP contribution is 2.27. The van der Waals surface area contributed by atoms with E-state index in [4.69, 9.17) is 4.74 Å². The van der Waals surface area contributed by atoms with Gasteiger partial charge in [-0.15, -0.1) is 0 Å². The predicted octanol–water partition coefficient (Wildman–Crippen LogP) is 1.37. The Kier molecular flexibility index (Phi) is 4.55. The van der Waals surface area contributed by atoms with Gasteiger partial charge >= 0.3 is 12.1 Å². The maximum Gasteiger partial charge on any atom is 0.410 e. The van der Waals surface area contributed by atoms with Gasteiger partial charge in [0, 0.05) is 0 Å². The summed E-state index contributed by atoms with van der Waals surface area (Å²) >= 11 is 0. The largest absolute Gasteiger partial charge is 0.468 e. The van der Waals surface area contributed by atoms with Gasteiger partial charge in [0.2, 0.25) is 0 Å². The third kappa shape index (κ3) is 3.45. The summed E-state index contributed by atoms with van der Waals surface area (Å²) in [5, 5.41) is 0. The van der Waals surface area contributed by atoms with Crippen molar-refractivity contribution in [3.05, 3.63) is 0 Å². The first-order valence-electron chi connectivity index (χ1n) is 6.31. The molecule has 0 aromatic heterocycles. The van der Waals surface area contributed by atoms with E-state index in [0.717, 1.165) is 0 Å². The molecule has 0 aromatic rings. The van der Waals surface area contributed by atoms with Gasteiger partial charge in [-0.25, -0.2) is 4.79 Å². The zero-order valence-corrected chi connectivity index (χ0v) is 12.1. The van der Waals surface area contributed by atoms with Crippen LogP contribution in [-0.4, -0.2) is 48.0 Å². The van der Waals surface area contributed by atoms with Crippen molar-refractivity contribution in [2.45, 2.75) is 45.8 Å². The van der Waals surface area contributed by atoms with Gasteiger partial charge in [0.25, 0.3) is 0 Å². The third-order valence-electron chi connectivity index (χ3n) is 2.96. The van der Waals surface area contributed by atoms with Crippen molar-refractivity contribution in [2.24, 2.45) is 5.92 Å². The molecule has 0 N–H and O–H groups in total. The number of ketones is 1. The van der Waals surface area contributed by atoms with E-state index in [9.17, 15) is 14.4 Å². The summed E-state index contributed by atoms with van der Waals surface area (Å²) in [6.07, 6.45) is -0.0795. The van der Waals surface area contributed by atoms with E-state index < -0.39 is 29.6 Å². The van der Waals surface area contributed by atoms with Gasteiger partial charge < -0.3 is 9.47 Å². The minimum Gasteiger partial charge on any atom is -0.468 e. The van der Waals surface area contributed by atoms with Crippen LogP contribution in [0.25, 0.3) is 0 Å². The Balaban J connectivity index is 2.89. The second-order valence-corrected chi connectivity index (χ2v) is 5.55. The molecular weight excluding hydrogens is 250 g/mol. The quantitative estimate of drug-likeness (QED) is 0.560. The molecule has 2 unspecified atom stereocenters. The number of ether oxygens (including phenoxy) is 2. The van der Waals surface area contributed by atoms with Gasteiger partial charge in [-0.05, 0) is 27.2 Å². The van der Waals surface area contributed by atoms with Gasteiger partial charge in [0.1, 0.15) is 11.5 Å². The van der Waals surface area contributed by atoms with Crippen molar-refractivity contribution in [1.29, 1.82) is 0 Å². The zero-order valence-electron chi connectivity index (χ0n) is 12.1. The summed E-state index contributed by atoms with van der Waals surface area (Å²) in [4.78, 5) is 36.8. The third-order valence-corrected chi connectivity index (χ3v) is 2.96. The van der Waals surface area contributed by atoms with Crippen molar-refractivity contribution < 1.29 is 23.9 Å². The molecule has 0 aliphatic carbocycles. The van der Waals surface area contributed by atoms with E-state index in [0.29, 0.717) is 6.42 Å². The van der Waals surface area contributed by atoms with Crippen LogP contribution >= 0.6 is 0 Å². The van der Waals surface area contributed by atoms with Crippen LogP contribution < -0.4 is 0 Å². The zero-order chi connectivity index (χ0) is 14.8. The molecule has 0 spiro atoms. The molecule has 1 aliphatic heterocycles. The Bertz CT molecular complexity index is 385. The van der Waals surface area contributed by atoms with Gasteiger partial charge in [-0.3, -0.25) is 14.5 Å². The number of hydrogen-bond donors (Lipinski definition) is 0. The molecule has 0 bridgehead atoms. The van der Waals surface area contributed by atoms with Gasteiger partial charge in [-0.2, -0.15) is 0 Å². The second kappa shape index (κ2) is 5.59. The summed E-state index contributed by atoms with van der Waals surface area (Å²) < 4.78 is 9.87. The molecule has 6 nitrogen and oxygen atoms in total. The molecule has 1 fully saturated rings. The molecule has 2 atom stereocenters. The number of rotatable bonds is 2. The van der Waals surface area contributed by atoms with Crippen molar-refractivity contribution in [2.75, 3.05) is 13.7 Å². The van der Waals surface area contributed by atoms with Crippen LogP contribution in [0.1, 0.15) is 34.1 Å². The van der Waals surface area contributed by atoms with E-state index in [1.807, 2.05) is 6.92 Å². The molecule has 1 aliphatic rings. The smallest absolute Gasteiger partial charge is 0.410 e. The molecule has 0 aromatic carbocycles. The maximum absolute atomic E-state index is 12.0. The Morgan fingerprint density at radius 1 is 1.37 bits per heavy atom. The van der Waals surface area contributed by atoms with Crippen molar-refractivity contribution in [3.8, 4) is 0 Å². The van der Waals surface area contributed by atoms with E-state index in [2.05, 4.69) is 4.74 Å². The predicted molar refractivity (Wildman–Crippen MR) is 67.5 cm³/mol. The van der Waals surface area contributed by atoms with Crippen LogP contribution in [0.2, 0.25) is 0 Å².